The third-order valence-corrected chi connectivity index (χ3v) is 3.50. The Kier molecular flexibility index (Phi) is 4.23. The van der Waals surface area contributed by atoms with Gasteiger partial charge in [0.05, 0.1) is 17.6 Å². The van der Waals surface area contributed by atoms with Crippen LogP contribution in [0.5, 0.6) is 0 Å². The maximum Gasteiger partial charge on any atom is 0.247 e. The molecule has 0 aliphatic carbocycles. The number of carbonyl (C=O) groups is 1. The van der Waals surface area contributed by atoms with Gasteiger partial charge in [-0.25, -0.2) is 9.67 Å². The van der Waals surface area contributed by atoms with Crippen LogP contribution in [0.1, 0.15) is 23.2 Å². The lowest BCUT2D eigenvalue weighted by Crippen LogP contribution is -2.19. The average molecular weight is 280 g/mol. The molecule has 0 radical (unpaired) electrons. The van der Waals surface area contributed by atoms with Crippen molar-refractivity contribution < 1.29 is 4.79 Å². The number of aromatic nitrogens is 4. The van der Waals surface area contributed by atoms with E-state index in [1.165, 1.54) is 16.0 Å². The Balaban J connectivity index is 1.96. The van der Waals surface area contributed by atoms with E-state index in [0.29, 0.717) is 17.4 Å². The van der Waals surface area contributed by atoms with Gasteiger partial charge in [-0.2, -0.15) is 0 Å². The number of rotatable bonds is 5. The van der Waals surface area contributed by atoms with E-state index in [-0.39, 0.29) is 12.5 Å². The molecule has 0 aliphatic heterocycles. The van der Waals surface area contributed by atoms with Crippen molar-refractivity contribution in [2.75, 3.05) is 5.32 Å². The lowest BCUT2D eigenvalue weighted by molar-refractivity contribution is -0.116. The first-order valence-electron chi connectivity index (χ1n) is 5.97. The number of nitrogens with two attached hydrogens (primary N) is 1. The van der Waals surface area contributed by atoms with Crippen LogP contribution < -0.4 is 11.1 Å². The molecule has 3 N–H and O–H groups in total. The number of thiazole rings is 1. The summed E-state index contributed by atoms with van der Waals surface area (Å²) in [4.78, 5) is 17.3. The molecule has 102 valence electrons. The predicted molar refractivity (Wildman–Crippen MR) is 72.8 cm³/mol. The largest absolute Gasteiger partial charge is 0.325 e. The molecule has 0 aromatic carbocycles. The van der Waals surface area contributed by atoms with E-state index in [1.807, 2.05) is 13.8 Å². The van der Waals surface area contributed by atoms with Crippen molar-refractivity contribution in [1.82, 2.24) is 20.0 Å². The minimum atomic E-state index is -0.176. The Labute approximate surface area is 114 Å². The van der Waals surface area contributed by atoms with Crippen molar-refractivity contribution in [3.63, 3.8) is 0 Å². The number of carbonyl (C=O) groups excluding carboxylic acids is 1. The van der Waals surface area contributed by atoms with E-state index < -0.39 is 0 Å². The van der Waals surface area contributed by atoms with E-state index in [4.69, 9.17) is 5.73 Å². The highest BCUT2D eigenvalue weighted by Gasteiger charge is 2.10. The molecule has 1 amide bonds. The summed E-state index contributed by atoms with van der Waals surface area (Å²) in [5.41, 5.74) is 7.11. The van der Waals surface area contributed by atoms with E-state index in [2.05, 4.69) is 20.6 Å². The zero-order chi connectivity index (χ0) is 13.8. The average Bonchev–Trinajstić information content (AvgIpc) is 2.95. The maximum atomic E-state index is 11.8. The minimum absolute atomic E-state index is 0.104. The normalized spacial score (nSPS) is 10.7. The fourth-order valence-electron chi connectivity index (χ4n) is 1.62. The molecule has 0 saturated carbocycles. The number of aryl methyl sites for hydroxylation is 2. The molecule has 0 bridgehead atoms. The third kappa shape index (κ3) is 3.36. The summed E-state index contributed by atoms with van der Waals surface area (Å²) in [6.45, 7) is 4.45. The van der Waals surface area contributed by atoms with Gasteiger partial charge in [-0.3, -0.25) is 4.79 Å². The van der Waals surface area contributed by atoms with Crippen LogP contribution in [0.15, 0.2) is 6.20 Å². The molecule has 19 heavy (non-hydrogen) atoms. The first-order valence-corrected chi connectivity index (χ1v) is 6.79. The molecule has 2 heterocycles. The van der Waals surface area contributed by atoms with Crippen LogP contribution in [-0.4, -0.2) is 25.9 Å². The summed E-state index contributed by atoms with van der Waals surface area (Å²) in [5.74, 6) is -0.176. The third-order valence-electron chi connectivity index (χ3n) is 2.57. The van der Waals surface area contributed by atoms with Gasteiger partial charge in [-0.15, -0.1) is 16.4 Å². The van der Waals surface area contributed by atoms with Crippen LogP contribution in [0.2, 0.25) is 0 Å². The van der Waals surface area contributed by atoms with Gasteiger partial charge in [-0.05, 0) is 13.3 Å². The zero-order valence-electron chi connectivity index (χ0n) is 10.9. The summed E-state index contributed by atoms with van der Waals surface area (Å²) in [5, 5.41) is 11.0. The summed E-state index contributed by atoms with van der Waals surface area (Å²) >= 11 is 1.48. The molecule has 2 aromatic rings. The van der Waals surface area contributed by atoms with Crippen molar-refractivity contribution in [3.05, 3.63) is 22.5 Å². The van der Waals surface area contributed by atoms with Gasteiger partial charge in [0.2, 0.25) is 5.91 Å². The smallest absolute Gasteiger partial charge is 0.247 e. The highest BCUT2D eigenvalue weighted by molar-refractivity contribution is 7.15. The van der Waals surface area contributed by atoms with Crippen LogP contribution in [0.3, 0.4) is 0 Å². The van der Waals surface area contributed by atoms with E-state index in [0.717, 1.165) is 17.0 Å². The molecular weight excluding hydrogens is 264 g/mol. The van der Waals surface area contributed by atoms with Gasteiger partial charge in [0.25, 0.3) is 0 Å². The fourth-order valence-corrected chi connectivity index (χ4v) is 2.54. The highest BCUT2D eigenvalue weighted by Crippen LogP contribution is 2.22. The van der Waals surface area contributed by atoms with Crippen LogP contribution in [0.4, 0.5) is 5.13 Å². The van der Waals surface area contributed by atoms with Gasteiger partial charge >= 0.3 is 0 Å². The quantitative estimate of drug-likeness (QED) is 0.840. The molecule has 0 unspecified atom stereocenters. The van der Waals surface area contributed by atoms with Gasteiger partial charge < -0.3 is 11.1 Å². The molecule has 7 nitrogen and oxygen atoms in total. The Morgan fingerprint density at radius 3 is 2.95 bits per heavy atom. The molecular formula is C11H16N6OS. The molecule has 0 fully saturated rings. The van der Waals surface area contributed by atoms with Gasteiger partial charge in [-0.1, -0.05) is 12.1 Å². The van der Waals surface area contributed by atoms with Crippen LogP contribution in [-0.2, 0) is 24.3 Å². The second kappa shape index (κ2) is 5.89. The standard InChI is InChI=1S/C11H16N6OS/c1-3-9-7(2)19-11(13-9)14-10(18)6-17-5-8(4-12)15-16-17/h5H,3-4,6,12H2,1-2H3,(H,13,14,18). The topological polar surface area (TPSA) is 98.7 Å². The molecule has 2 aromatic heterocycles. The van der Waals surface area contributed by atoms with E-state index in [9.17, 15) is 4.79 Å². The van der Waals surface area contributed by atoms with Crippen molar-refractivity contribution >= 4 is 22.4 Å². The second-order valence-electron chi connectivity index (χ2n) is 4.04. The Hall–Kier alpha value is -1.80. The molecule has 0 saturated heterocycles. The lowest BCUT2D eigenvalue weighted by Gasteiger charge is -2.00. The van der Waals surface area contributed by atoms with Crippen molar-refractivity contribution in [2.24, 2.45) is 5.73 Å². The number of nitrogens with zero attached hydrogens (tertiary/aromatic N) is 4. The Morgan fingerprint density at radius 1 is 1.58 bits per heavy atom. The summed E-state index contributed by atoms with van der Waals surface area (Å²) in [6, 6.07) is 0. The molecule has 2 rings (SSSR count). The second-order valence-corrected chi connectivity index (χ2v) is 5.24. The van der Waals surface area contributed by atoms with Crippen molar-refractivity contribution in [2.45, 2.75) is 33.4 Å². The summed E-state index contributed by atoms with van der Waals surface area (Å²) in [7, 11) is 0. The van der Waals surface area contributed by atoms with Crippen LogP contribution in [0.25, 0.3) is 0 Å². The zero-order valence-corrected chi connectivity index (χ0v) is 11.7. The SMILES string of the molecule is CCc1nc(NC(=O)Cn2cc(CN)nn2)sc1C. The number of amides is 1. The number of anilines is 1. The Morgan fingerprint density at radius 2 is 2.37 bits per heavy atom. The van der Waals surface area contributed by atoms with Crippen molar-refractivity contribution in [1.29, 1.82) is 0 Å². The monoisotopic (exact) mass is 280 g/mol. The van der Waals surface area contributed by atoms with Crippen LogP contribution >= 0.6 is 11.3 Å². The number of hydrogen-bond donors (Lipinski definition) is 2. The minimum Gasteiger partial charge on any atom is -0.325 e. The highest BCUT2D eigenvalue weighted by atomic mass is 32.1. The van der Waals surface area contributed by atoms with Crippen LogP contribution in [0, 0.1) is 6.92 Å². The van der Waals surface area contributed by atoms with Gasteiger partial charge in [0, 0.05) is 11.4 Å². The molecule has 0 atom stereocenters. The molecule has 0 spiro atoms. The first-order chi connectivity index (χ1) is 9.12. The summed E-state index contributed by atoms with van der Waals surface area (Å²) in [6.07, 6.45) is 2.52. The lowest BCUT2D eigenvalue weighted by atomic mass is 10.3. The Bertz CT molecular complexity index is 576. The summed E-state index contributed by atoms with van der Waals surface area (Å²) < 4.78 is 1.46. The van der Waals surface area contributed by atoms with E-state index >= 15 is 0 Å². The molecule has 8 heteroatoms. The van der Waals surface area contributed by atoms with Crippen molar-refractivity contribution in [3.8, 4) is 0 Å². The first kappa shape index (κ1) is 13.6. The maximum absolute atomic E-state index is 11.8. The van der Waals surface area contributed by atoms with E-state index in [1.54, 1.807) is 6.20 Å². The van der Waals surface area contributed by atoms with Gasteiger partial charge in [0.1, 0.15) is 6.54 Å². The molecule has 0 aliphatic rings. The fraction of sp³-hybridized carbons (Fsp3) is 0.455. The van der Waals surface area contributed by atoms with Gasteiger partial charge in [0.15, 0.2) is 5.13 Å². The number of nitrogens with one attached hydrogen (secondary N) is 1. The predicted octanol–water partition coefficient (Wildman–Crippen LogP) is 0.703. The number of hydrogen-bond acceptors (Lipinski definition) is 6.